The molecule has 2 amide bonds. The minimum Gasteiger partial charge on any atom is -0.494 e. The van der Waals surface area contributed by atoms with Gasteiger partial charge >= 0.3 is 0 Å². The Kier molecular flexibility index (Phi) is 5.90. The van der Waals surface area contributed by atoms with Gasteiger partial charge in [0.15, 0.2) is 10.9 Å². The van der Waals surface area contributed by atoms with Gasteiger partial charge in [0.1, 0.15) is 5.00 Å². The maximum absolute atomic E-state index is 12.4. The van der Waals surface area contributed by atoms with Crippen LogP contribution in [0.15, 0.2) is 12.1 Å². The molecule has 6 nitrogen and oxygen atoms in total. The van der Waals surface area contributed by atoms with Gasteiger partial charge in [0.2, 0.25) is 0 Å². The van der Waals surface area contributed by atoms with Gasteiger partial charge in [0, 0.05) is 10.4 Å². The number of carbonyl (C=O) groups excluding carboxylic acids is 2. The van der Waals surface area contributed by atoms with Crippen LogP contribution in [0, 0.1) is 0 Å². The normalized spacial score (nSPS) is 12.4. The zero-order chi connectivity index (χ0) is 19.7. The van der Waals surface area contributed by atoms with E-state index in [4.69, 9.17) is 45.9 Å². The highest BCUT2D eigenvalue weighted by Crippen LogP contribution is 2.39. The van der Waals surface area contributed by atoms with Crippen LogP contribution in [0.3, 0.4) is 0 Å². The van der Waals surface area contributed by atoms with Crippen molar-refractivity contribution in [1.82, 2.24) is 5.32 Å². The molecule has 1 aromatic heterocycles. The van der Waals surface area contributed by atoms with Crippen LogP contribution in [0.25, 0.3) is 0 Å². The Morgan fingerprint density at radius 1 is 1.26 bits per heavy atom. The number of fused-ring (bicyclic) bond motifs is 1. The van der Waals surface area contributed by atoms with Crippen LogP contribution in [0.5, 0.6) is 5.75 Å². The SMILES string of the molecule is COc1c(Cl)cc(C(=O)NC(=S)Nc2sc3c(c2C(N)=O)CCC3)cc1Cl. The van der Waals surface area contributed by atoms with E-state index in [0.717, 1.165) is 29.7 Å². The average Bonchev–Trinajstić information content (AvgIpc) is 3.14. The smallest absolute Gasteiger partial charge is 0.257 e. The molecule has 1 aliphatic rings. The van der Waals surface area contributed by atoms with E-state index in [0.29, 0.717) is 10.6 Å². The van der Waals surface area contributed by atoms with Gasteiger partial charge in [-0.2, -0.15) is 0 Å². The first kappa shape index (κ1) is 19.9. The number of halogens is 2. The van der Waals surface area contributed by atoms with Crippen LogP contribution >= 0.6 is 46.8 Å². The Morgan fingerprint density at radius 2 is 1.93 bits per heavy atom. The lowest BCUT2D eigenvalue weighted by Crippen LogP contribution is -2.34. The third-order valence-corrected chi connectivity index (χ3v) is 6.06. The number of carbonyl (C=O) groups is 2. The summed E-state index contributed by atoms with van der Waals surface area (Å²) in [4.78, 5) is 25.4. The summed E-state index contributed by atoms with van der Waals surface area (Å²) in [5.41, 5.74) is 7.15. The summed E-state index contributed by atoms with van der Waals surface area (Å²) in [6, 6.07) is 2.86. The number of rotatable bonds is 4. The lowest BCUT2D eigenvalue weighted by molar-refractivity contribution is 0.0975. The number of ether oxygens (including phenoxy) is 1. The molecule has 1 heterocycles. The van der Waals surface area contributed by atoms with Crippen LogP contribution in [0.4, 0.5) is 5.00 Å². The average molecular weight is 444 g/mol. The van der Waals surface area contributed by atoms with E-state index in [2.05, 4.69) is 10.6 Å². The number of nitrogens with one attached hydrogen (secondary N) is 2. The molecule has 0 saturated heterocycles. The minimum atomic E-state index is -0.514. The molecule has 27 heavy (non-hydrogen) atoms. The number of thiocarbonyl (C=S) groups is 1. The molecular weight excluding hydrogens is 429 g/mol. The Balaban J connectivity index is 1.75. The molecule has 0 bridgehead atoms. The highest BCUT2D eigenvalue weighted by atomic mass is 35.5. The lowest BCUT2D eigenvalue weighted by atomic mass is 10.1. The summed E-state index contributed by atoms with van der Waals surface area (Å²) in [7, 11) is 1.43. The molecule has 0 spiro atoms. The van der Waals surface area contributed by atoms with E-state index in [-0.39, 0.29) is 26.5 Å². The molecule has 0 saturated carbocycles. The predicted molar refractivity (Wildman–Crippen MR) is 112 cm³/mol. The predicted octanol–water partition coefficient (Wildman–Crippen LogP) is 3.78. The molecule has 1 aliphatic carbocycles. The van der Waals surface area contributed by atoms with Crippen molar-refractivity contribution >= 4 is 68.7 Å². The first-order valence-electron chi connectivity index (χ1n) is 7.91. The van der Waals surface area contributed by atoms with Gasteiger partial charge in [-0.25, -0.2) is 0 Å². The first-order chi connectivity index (χ1) is 12.8. The summed E-state index contributed by atoms with van der Waals surface area (Å²) < 4.78 is 5.06. The summed E-state index contributed by atoms with van der Waals surface area (Å²) in [6.07, 6.45) is 2.72. The number of hydrogen-bond acceptors (Lipinski definition) is 5. The van der Waals surface area contributed by atoms with E-state index >= 15 is 0 Å². The second-order valence-electron chi connectivity index (χ2n) is 5.81. The number of benzene rings is 1. The third kappa shape index (κ3) is 4.03. The fraction of sp³-hybridized carbons (Fsp3) is 0.235. The summed E-state index contributed by atoms with van der Waals surface area (Å²) in [5, 5.41) is 6.45. The van der Waals surface area contributed by atoms with E-state index in [1.54, 1.807) is 0 Å². The Hall–Kier alpha value is -1.87. The number of primary amides is 1. The van der Waals surface area contributed by atoms with Crippen LogP contribution in [-0.4, -0.2) is 24.0 Å². The molecule has 0 atom stereocenters. The zero-order valence-electron chi connectivity index (χ0n) is 14.2. The van der Waals surface area contributed by atoms with E-state index in [9.17, 15) is 9.59 Å². The van der Waals surface area contributed by atoms with E-state index < -0.39 is 11.8 Å². The van der Waals surface area contributed by atoms with Gasteiger partial charge in [-0.1, -0.05) is 23.2 Å². The van der Waals surface area contributed by atoms with Crippen molar-refractivity contribution in [2.75, 3.05) is 12.4 Å². The number of thiophene rings is 1. The van der Waals surface area contributed by atoms with Crippen molar-refractivity contribution in [1.29, 1.82) is 0 Å². The monoisotopic (exact) mass is 443 g/mol. The highest BCUT2D eigenvalue weighted by Gasteiger charge is 2.26. The van der Waals surface area contributed by atoms with Crippen LogP contribution in [0.1, 0.15) is 37.6 Å². The van der Waals surface area contributed by atoms with Crippen molar-refractivity contribution in [2.45, 2.75) is 19.3 Å². The minimum absolute atomic E-state index is 0.0467. The van der Waals surface area contributed by atoms with Crippen molar-refractivity contribution in [2.24, 2.45) is 5.73 Å². The third-order valence-electron chi connectivity index (χ3n) is 4.09. The lowest BCUT2D eigenvalue weighted by Gasteiger charge is -2.11. The van der Waals surface area contributed by atoms with Crippen LogP contribution < -0.4 is 21.1 Å². The zero-order valence-corrected chi connectivity index (χ0v) is 17.3. The van der Waals surface area contributed by atoms with Crippen molar-refractivity contribution < 1.29 is 14.3 Å². The Labute approximate surface area is 175 Å². The van der Waals surface area contributed by atoms with Gasteiger partial charge in [-0.3, -0.25) is 14.9 Å². The molecular formula is C17H15Cl2N3O3S2. The molecule has 3 rings (SSSR count). The van der Waals surface area contributed by atoms with Crippen molar-refractivity contribution in [3.63, 3.8) is 0 Å². The number of nitrogens with two attached hydrogens (primary N) is 1. The van der Waals surface area contributed by atoms with Gasteiger partial charge in [0.05, 0.1) is 22.7 Å². The number of hydrogen-bond donors (Lipinski definition) is 3. The summed E-state index contributed by atoms with van der Waals surface area (Å²) in [6.45, 7) is 0. The first-order valence-corrected chi connectivity index (χ1v) is 9.89. The number of anilines is 1. The van der Waals surface area contributed by atoms with Crippen LogP contribution in [0.2, 0.25) is 10.0 Å². The van der Waals surface area contributed by atoms with Crippen molar-refractivity contribution in [3.8, 4) is 5.75 Å². The fourth-order valence-corrected chi connectivity index (χ4v) is 5.15. The van der Waals surface area contributed by atoms with E-state index in [1.165, 1.54) is 30.6 Å². The number of methoxy groups -OCH3 is 1. The van der Waals surface area contributed by atoms with Gasteiger partial charge in [-0.05, 0) is 49.2 Å². The van der Waals surface area contributed by atoms with Gasteiger partial charge in [0.25, 0.3) is 11.8 Å². The molecule has 142 valence electrons. The standard InChI is InChI=1S/C17H15Cl2N3O3S2/c1-25-13-9(18)5-7(6-10(13)19)15(24)21-17(26)22-16-12(14(20)23)8-3-2-4-11(8)27-16/h5-6H,2-4H2,1H3,(H2,20,23)(H2,21,22,24,26). The molecule has 2 aromatic rings. The molecule has 4 N–H and O–H groups in total. The van der Waals surface area contributed by atoms with Gasteiger partial charge in [-0.15, -0.1) is 11.3 Å². The number of aryl methyl sites for hydroxylation is 1. The Morgan fingerprint density at radius 3 is 2.52 bits per heavy atom. The molecule has 0 fully saturated rings. The van der Waals surface area contributed by atoms with Crippen LogP contribution in [-0.2, 0) is 12.8 Å². The summed E-state index contributed by atoms with van der Waals surface area (Å²) in [5.74, 6) is -0.724. The second kappa shape index (κ2) is 8.02. The van der Waals surface area contributed by atoms with E-state index in [1.807, 2.05) is 0 Å². The fourth-order valence-electron chi connectivity index (χ4n) is 2.95. The molecule has 1 aromatic carbocycles. The molecule has 10 heteroatoms. The second-order valence-corrected chi connectivity index (χ2v) is 8.13. The maximum atomic E-state index is 12.4. The highest BCUT2D eigenvalue weighted by molar-refractivity contribution is 7.80. The molecule has 0 radical (unpaired) electrons. The molecule has 0 aliphatic heterocycles. The van der Waals surface area contributed by atoms with Crippen molar-refractivity contribution in [3.05, 3.63) is 43.7 Å². The number of amides is 2. The Bertz CT molecular complexity index is 936. The van der Waals surface area contributed by atoms with Gasteiger partial charge < -0.3 is 15.8 Å². The molecule has 0 unspecified atom stereocenters. The quantitative estimate of drug-likeness (QED) is 0.625. The maximum Gasteiger partial charge on any atom is 0.257 e. The summed E-state index contributed by atoms with van der Waals surface area (Å²) >= 11 is 18.7. The largest absolute Gasteiger partial charge is 0.494 e. The topological polar surface area (TPSA) is 93.4 Å².